The SMILES string of the molecule is Cc1cc(NC(=O)C2CCCCN2)ccc1OC(C)C. The summed E-state index contributed by atoms with van der Waals surface area (Å²) in [7, 11) is 0. The van der Waals surface area contributed by atoms with Gasteiger partial charge in [0.25, 0.3) is 0 Å². The Kier molecular flexibility index (Phi) is 5.01. The normalized spacial score (nSPS) is 18.9. The van der Waals surface area contributed by atoms with Crippen LogP contribution < -0.4 is 15.4 Å². The highest BCUT2D eigenvalue weighted by molar-refractivity contribution is 5.95. The first kappa shape index (κ1) is 14.9. The smallest absolute Gasteiger partial charge is 0.241 e. The van der Waals surface area contributed by atoms with Crippen molar-refractivity contribution in [3.63, 3.8) is 0 Å². The van der Waals surface area contributed by atoms with Gasteiger partial charge in [-0.05, 0) is 63.9 Å². The van der Waals surface area contributed by atoms with Crippen molar-refractivity contribution in [2.24, 2.45) is 0 Å². The van der Waals surface area contributed by atoms with Crippen LogP contribution in [0.5, 0.6) is 5.75 Å². The minimum atomic E-state index is -0.0596. The molecule has 0 saturated carbocycles. The Labute approximate surface area is 120 Å². The van der Waals surface area contributed by atoms with Gasteiger partial charge in [0, 0.05) is 5.69 Å². The first-order chi connectivity index (χ1) is 9.56. The Morgan fingerprint density at radius 3 is 2.80 bits per heavy atom. The summed E-state index contributed by atoms with van der Waals surface area (Å²) < 4.78 is 5.70. The van der Waals surface area contributed by atoms with E-state index in [1.54, 1.807) is 0 Å². The number of piperidine rings is 1. The predicted octanol–water partition coefficient (Wildman–Crippen LogP) is 2.86. The van der Waals surface area contributed by atoms with Gasteiger partial charge in [0.05, 0.1) is 12.1 Å². The van der Waals surface area contributed by atoms with E-state index in [2.05, 4.69) is 10.6 Å². The second-order valence-corrected chi connectivity index (χ2v) is 5.64. The summed E-state index contributed by atoms with van der Waals surface area (Å²) >= 11 is 0. The van der Waals surface area contributed by atoms with E-state index in [9.17, 15) is 4.79 Å². The van der Waals surface area contributed by atoms with E-state index in [0.29, 0.717) is 0 Å². The molecule has 20 heavy (non-hydrogen) atoms. The number of hydrogen-bond acceptors (Lipinski definition) is 3. The van der Waals surface area contributed by atoms with Crippen molar-refractivity contribution in [1.29, 1.82) is 0 Å². The van der Waals surface area contributed by atoms with Crippen LogP contribution in [-0.4, -0.2) is 24.6 Å². The fraction of sp³-hybridized carbons (Fsp3) is 0.562. The van der Waals surface area contributed by atoms with Gasteiger partial charge in [-0.1, -0.05) is 6.42 Å². The third-order valence-corrected chi connectivity index (χ3v) is 3.43. The molecule has 1 fully saturated rings. The van der Waals surface area contributed by atoms with Crippen molar-refractivity contribution < 1.29 is 9.53 Å². The van der Waals surface area contributed by atoms with Crippen molar-refractivity contribution in [3.8, 4) is 5.75 Å². The number of anilines is 1. The summed E-state index contributed by atoms with van der Waals surface area (Å²) in [5.41, 5.74) is 1.86. The van der Waals surface area contributed by atoms with Gasteiger partial charge in [0.2, 0.25) is 5.91 Å². The molecule has 0 aliphatic carbocycles. The van der Waals surface area contributed by atoms with Crippen molar-refractivity contribution in [2.75, 3.05) is 11.9 Å². The number of nitrogens with one attached hydrogen (secondary N) is 2. The van der Waals surface area contributed by atoms with Crippen LogP contribution in [0.1, 0.15) is 38.7 Å². The topological polar surface area (TPSA) is 50.4 Å². The molecule has 0 radical (unpaired) electrons. The van der Waals surface area contributed by atoms with Crippen molar-refractivity contribution >= 4 is 11.6 Å². The molecule has 1 saturated heterocycles. The van der Waals surface area contributed by atoms with Crippen LogP contribution in [0.15, 0.2) is 18.2 Å². The maximum absolute atomic E-state index is 12.1. The lowest BCUT2D eigenvalue weighted by molar-refractivity contribution is -0.118. The molecule has 1 unspecified atom stereocenters. The molecule has 4 nitrogen and oxygen atoms in total. The third kappa shape index (κ3) is 3.97. The molecular formula is C16H24N2O2. The van der Waals surface area contributed by atoms with Crippen molar-refractivity contribution in [2.45, 2.75) is 52.2 Å². The summed E-state index contributed by atoms with van der Waals surface area (Å²) in [4.78, 5) is 12.1. The second kappa shape index (κ2) is 6.75. The zero-order valence-corrected chi connectivity index (χ0v) is 12.5. The summed E-state index contributed by atoms with van der Waals surface area (Å²) in [6, 6.07) is 5.71. The van der Waals surface area contributed by atoms with E-state index in [1.807, 2.05) is 39.0 Å². The van der Waals surface area contributed by atoms with Crippen molar-refractivity contribution in [1.82, 2.24) is 5.32 Å². The molecule has 2 N–H and O–H groups in total. The van der Waals surface area contributed by atoms with E-state index in [-0.39, 0.29) is 18.1 Å². The van der Waals surface area contributed by atoms with Crippen LogP contribution >= 0.6 is 0 Å². The minimum Gasteiger partial charge on any atom is -0.491 e. The molecule has 1 amide bonds. The molecule has 0 spiro atoms. The lowest BCUT2D eigenvalue weighted by Gasteiger charge is -2.22. The quantitative estimate of drug-likeness (QED) is 0.889. The van der Waals surface area contributed by atoms with Crippen LogP contribution in [0.2, 0.25) is 0 Å². The Hall–Kier alpha value is -1.55. The van der Waals surface area contributed by atoms with Crippen molar-refractivity contribution in [3.05, 3.63) is 23.8 Å². The van der Waals surface area contributed by atoms with Gasteiger partial charge in [0.1, 0.15) is 5.75 Å². The number of carbonyl (C=O) groups excluding carboxylic acids is 1. The largest absolute Gasteiger partial charge is 0.491 e. The van der Waals surface area contributed by atoms with E-state index < -0.39 is 0 Å². The summed E-state index contributed by atoms with van der Waals surface area (Å²) in [6.07, 6.45) is 3.34. The first-order valence-corrected chi connectivity index (χ1v) is 7.38. The number of benzene rings is 1. The number of aryl methyl sites for hydroxylation is 1. The monoisotopic (exact) mass is 276 g/mol. The molecule has 1 atom stereocenters. The van der Waals surface area contributed by atoms with Gasteiger partial charge in [-0.25, -0.2) is 0 Å². The molecule has 1 aromatic carbocycles. The minimum absolute atomic E-state index is 0.0571. The van der Waals surface area contributed by atoms with Gasteiger partial charge in [-0.15, -0.1) is 0 Å². The van der Waals surface area contributed by atoms with Gasteiger partial charge < -0.3 is 15.4 Å². The average molecular weight is 276 g/mol. The van der Waals surface area contributed by atoms with Gasteiger partial charge in [-0.2, -0.15) is 0 Å². The number of hydrogen-bond donors (Lipinski definition) is 2. The Morgan fingerprint density at radius 2 is 2.20 bits per heavy atom. The lowest BCUT2D eigenvalue weighted by Crippen LogP contribution is -2.43. The van der Waals surface area contributed by atoms with Gasteiger partial charge in [-0.3, -0.25) is 4.79 Å². The third-order valence-electron chi connectivity index (χ3n) is 3.43. The number of ether oxygens (including phenoxy) is 1. The van der Waals surface area contributed by atoms with Crippen LogP contribution in [0.3, 0.4) is 0 Å². The fourth-order valence-corrected chi connectivity index (χ4v) is 2.42. The van der Waals surface area contributed by atoms with Crippen LogP contribution in [-0.2, 0) is 4.79 Å². The lowest BCUT2D eigenvalue weighted by atomic mass is 10.0. The zero-order valence-electron chi connectivity index (χ0n) is 12.5. The molecule has 0 bridgehead atoms. The highest BCUT2D eigenvalue weighted by atomic mass is 16.5. The van der Waals surface area contributed by atoms with Gasteiger partial charge >= 0.3 is 0 Å². The van der Waals surface area contributed by atoms with Crippen LogP contribution in [0, 0.1) is 6.92 Å². The zero-order chi connectivity index (χ0) is 14.5. The summed E-state index contributed by atoms with van der Waals surface area (Å²) in [6.45, 7) is 6.93. The maximum atomic E-state index is 12.1. The first-order valence-electron chi connectivity index (χ1n) is 7.38. The highest BCUT2D eigenvalue weighted by Gasteiger charge is 2.20. The average Bonchev–Trinajstić information content (AvgIpc) is 2.42. The molecule has 110 valence electrons. The van der Waals surface area contributed by atoms with E-state index >= 15 is 0 Å². The van der Waals surface area contributed by atoms with Crippen LogP contribution in [0.25, 0.3) is 0 Å². The number of carbonyl (C=O) groups is 1. The highest BCUT2D eigenvalue weighted by Crippen LogP contribution is 2.23. The molecule has 2 rings (SSSR count). The molecule has 1 heterocycles. The Balaban J connectivity index is 1.99. The Morgan fingerprint density at radius 1 is 1.40 bits per heavy atom. The molecule has 1 aliphatic heterocycles. The number of rotatable bonds is 4. The van der Waals surface area contributed by atoms with E-state index in [1.165, 1.54) is 0 Å². The predicted molar refractivity (Wildman–Crippen MR) is 81.2 cm³/mol. The molecule has 4 heteroatoms. The molecular weight excluding hydrogens is 252 g/mol. The number of amides is 1. The van der Waals surface area contributed by atoms with E-state index in [4.69, 9.17) is 4.74 Å². The standard InChI is InChI=1S/C16H24N2O2/c1-11(2)20-15-8-7-13(10-12(15)3)18-16(19)14-6-4-5-9-17-14/h7-8,10-11,14,17H,4-6,9H2,1-3H3,(H,18,19). The summed E-state index contributed by atoms with van der Waals surface area (Å²) in [5, 5.41) is 6.23. The molecule has 1 aromatic rings. The second-order valence-electron chi connectivity index (χ2n) is 5.64. The van der Waals surface area contributed by atoms with Gasteiger partial charge in [0.15, 0.2) is 0 Å². The van der Waals surface area contributed by atoms with Crippen LogP contribution in [0.4, 0.5) is 5.69 Å². The molecule has 0 aromatic heterocycles. The fourth-order valence-electron chi connectivity index (χ4n) is 2.42. The Bertz CT molecular complexity index is 466. The summed E-state index contributed by atoms with van der Waals surface area (Å²) in [5.74, 6) is 0.926. The van der Waals surface area contributed by atoms with E-state index in [0.717, 1.165) is 42.8 Å². The molecule has 1 aliphatic rings. The maximum Gasteiger partial charge on any atom is 0.241 e.